The Morgan fingerprint density at radius 2 is 1.83 bits per heavy atom. The van der Waals surface area contributed by atoms with Crippen molar-refractivity contribution in [3.8, 4) is 11.1 Å². The van der Waals surface area contributed by atoms with Gasteiger partial charge in [-0.15, -0.1) is 0 Å². The summed E-state index contributed by atoms with van der Waals surface area (Å²) in [5, 5.41) is 12.2. The van der Waals surface area contributed by atoms with Crippen LogP contribution >= 0.6 is 0 Å². The maximum absolute atomic E-state index is 12.4. The van der Waals surface area contributed by atoms with Crippen molar-refractivity contribution in [2.45, 2.75) is 31.8 Å². The van der Waals surface area contributed by atoms with E-state index in [0.717, 1.165) is 29.5 Å². The Balaban J connectivity index is 1.64. The van der Waals surface area contributed by atoms with E-state index >= 15 is 0 Å². The Morgan fingerprint density at radius 3 is 2.42 bits per heavy atom. The van der Waals surface area contributed by atoms with Crippen LogP contribution in [0, 0.1) is 0 Å². The zero-order valence-electron chi connectivity index (χ0n) is 13.9. The highest BCUT2D eigenvalue weighted by Crippen LogP contribution is 2.27. The molecule has 0 saturated heterocycles. The van der Waals surface area contributed by atoms with Gasteiger partial charge in [-0.2, -0.15) is 0 Å². The minimum absolute atomic E-state index is 0.00106. The molecule has 1 aliphatic rings. The average molecular weight is 325 g/mol. The zero-order valence-corrected chi connectivity index (χ0v) is 13.9. The van der Waals surface area contributed by atoms with Crippen LogP contribution in [0.3, 0.4) is 0 Å². The van der Waals surface area contributed by atoms with Gasteiger partial charge < -0.3 is 15.3 Å². The number of aliphatic hydroxyl groups is 1. The first-order valence-corrected chi connectivity index (χ1v) is 8.37. The van der Waals surface area contributed by atoms with Crippen molar-refractivity contribution >= 4 is 6.03 Å². The number of pyridine rings is 1. The highest BCUT2D eigenvalue weighted by atomic mass is 16.3. The van der Waals surface area contributed by atoms with Gasteiger partial charge in [-0.05, 0) is 48.6 Å². The number of aliphatic hydroxyl groups excluding tert-OH is 1. The van der Waals surface area contributed by atoms with E-state index in [-0.39, 0.29) is 18.7 Å². The third-order valence-corrected chi connectivity index (χ3v) is 4.35. The first kappa shape index (κ1) is 16.5. The highest BCUT2D eigenvalue weighted by Gasteiger charge is 2.32. The van der Waals surface area contributed by atoms with E-state index in [4.69, 9.17) is 5.11 Å². The van der Waals surface area contributed by atoms with Crippen LogP contribution in [0.25, 0.3) is 11.1 Å². The number of amides is 2. The fraction of sp³-hybridized carbons (Fsp3) is 0.368. The number of urea groups is 1. The number of aromatic nitrogens is 1. The lowest BCUT2D eigenvalue weighted by Crippen LogP contribution is -2.43. The molecule has 0 unspecified atom stereocenters. The number of hydrogen-bond donors (Lipinski definition) is 2. The topological polar surface area (TPSA) is 65.5 Å². The largest absolute Gasteiger partial charge is 0.395 e. The average Bonchev–Trinajstić information content (AvgIpc) is 3.45. The molecular formula is C19H23N3O2. The molecule has 5 heteroatoms. The third kappa shape index (κ3) is 3.92. The first-order chi connectivity index (χ1) is 11.7. The molecule has 0 aliphatic heterocycles. The molecule has 1 atom stereocenters. The van der Waals surface area contributed by atoms with E-state index in [9.17, 15) is 4.79 Å². The Hall–Kier alpha value is -2.40. The molecule has 24 heavy (non-hydrogen) atoms. The molecule has 1 saturated carbocycles. The van der Waals surface area contributed by atoms with Gasteiger partial charge in [-0.1, -0.05) is 24.3 Å². The number of nitrogens with one attached hydrogen (secondary N) is 1. The van der Waals surface area contributed by atoms with Crippen LogP contribution in [0.15, 0.2) is 48.8 Å². The van der Waals surface area contributed by atoms with Gasteiger partial charge in [0.25, 0.3) is 0 Å². The van der Waals surface area contributed by atoms with Crippen molar-refractivity contribution in [2.24, 2.45) is 0 Å². The number of rotatable bonds is 6. The molecule has 1 fully saturated rings. The van der Waals surface area contributed by atoms with E-state index in [2.05, 4.69) is 22.4 Å². The van der Waals surface area contributed by atoms with Crippen LogP contribution in [-0.4, -0.2) is 40.2 Å². The fourth-order valence-corrected chi connectivity index (χ4v) is 2.80. The van der Waals surface area contributed by atoms with Gasteiger partial charge in [0, 0.05) is 25.0 Å². The third-order valence-electron chi connectivity index (χ3n) is 4.35. The molecule has 1 heterocycles. The lowest BCUT2D eigenvalue weighted by molar-refractivity contribution is 0.171. The van der Waals surface area contributed by atoms with Gasteiger partial charge in [-0.25, -0.2) is 4.79 Å². The molecule has 5 nitrogen and oxygen atoms in total. The monoisotopic (exact) mass is 325 g/mol. The molecule has 0 spiro atoms. The maximum Gasteiger partial charge on any atom is 0.318 e. The van der Waals surface area contributed by atoms with Gasteiger partial charge >= 0.3 is 6.03 Å². The Morgan fingerprint density at radius 1 is 1.21 bits per heavy atom. The minimum atomic E-state index is -0.0998. The normalized spacial score (nSPS) is 14.9. The molecule has 2 aromatic rings. The molecular weight excluding hydrogens is 302 g/mol. The number of carbonyl (C=O) groups excluding carboxylic acids is 1. The Kier molecular flexibility index (Phi) is 5.11. The SMILES string of the molecule is C[C@@H](NC(=O)N(CCO)C1CC1)c1ccc(-c2ccncc2)cc1. The smallest absolute Gasteiger partial charge is 0.318 e. The summed E-state index contributed by atoms with van der Waals surface area (Å²) in [5.41, 5.74) is 3.30. The number of hydrogen-bond acceptors (Lipinski definition) is 3. The summed E-state index contributed by atoms with van der Waals surface area (Å²) in [6, 6.07) is 12.2. The summed E-state index contributed by atoms with van der Waals surface area (Å²) in [4.78, 5) is 18.2. The van der Waals surface area contributed by atoms with Gasteiger partial charge in [0.2, 0.25) is 0 Å². The second-order valence-corrected chi connectivity index (χ2v) is 6.18. The highest BCUT2D eigenvalue weighted by molar-refractivity contribution is 5.75. The van der Waals surface area contributed by atoms with Crippen molar-refractivity contribution < 1.29 is 9.90 Å². The molecule has 2 amide bonds. The predicted molar refractivity (Wildman–Crippen MR) is 93.4 cm³/mol. The van der Waals surface area contributed by atoms with Gasteiger partial charge in [0.05, 0.1) is 12.6 Å². The van der Waals surface area contributed by atoms with Crippen LogP contribution in [0.1, 0.15) is 31.4 Å². The summed E-state index contributed by atoms with van der Waals surface area (Å²) >= 11 is 0. The van der Waals surface area contributed by atoms with Crippen molar-refractivity contribution in [1.82, 2.24) is 15.2 Å². The molecule has 0 bridgehead atoms. The van der Waals surface area contributed by atoms with Crippen molar-refractivity contribution in [1.29, 1.82) is 0 Å². The summed E-state index contributed by atoms with van der Waals surface area (Å²) in [7, 11) is 0. The molecule has 3 rings (SSSR count). The first-order valence-electron chi connectivity index (χ1n) is 8.37. The number of carbonyl (C=O) groups is 1. The molecule has 1 aromatic heterocycles. The second kappa shape index (κ2) is 7.45. The fourth-order valence-electron chi connectivity index (χ4n) is 2.80. The van der Waals surface area contributed by atoms with E-state index in [1.54, 1.807) is 17.3 Å². The van der Waals surface area contributed by atoms with Crippen molar-refractivity contribution in [3.63, 3.8) is 0 Å². The van der Waals surface area contributed by atoms with E-state index in [1.807, 2.05) is 31.2 Å². The number of nitrogens with zero attached hydrogens (tertiary/aromatic N) is 2. The maximum atomic E-state index is 12.4. The predicted octanol–water partition coefficient (Wildman–Crippen LogP) is 2.98. The molecule has 2 N–H and O–H groups in total. The van der Waals surface area contributed by atoms with Gasteiger partial charge in [-0.3, -0.25) is 4.98 Å². The minimum Gasteiger partial charge on any atom is -0.395 e. The second-order valence-electron chi connectivity index (χ2n) is 6.18. The van der Waals surface area contributed by atoms with E-state index < -0.39 is 0 Å². The van der Waals surface area contributed by atoms with Crippen LogP contribution in [0.2, 0.25) is 0 Å². The zero-order chi connectivity index (χ0) is 16.9. The lowest BCUT2D eigenvalue weighted by Gasteiger charge is -2.24. The molecule has 1 aromatic carbocycles. The van der Waals surface area contributed by atoms with Crippen molar-refractivity contribution in [2.75, 3.05) is 13.2 Å². The lowest BCUT2D eigenvalue weighted by atomic mass is 10.0. The van der Waals surface area contributed by atoms with Gasteiger partial charge in [0.1, 0.15) is 0 Å². The molecule has 1 aliphatic carbocycles. The van der Waals surface area contributed by atoms with Crippen molar-refractivity contribution in [3.05, 3.63) is 54.4 Å². The Labute approximate surface area is 142 Å². The Bertz CT molecular complexity index is 669. The van der Waals surface area contributed by atoms with Crippen LogP contribution in [-0.2, 0) is 0 Å². The molecule has 126 valence electrons. The number of benzene rings is 1. The van der Waals surface area contributed by atoms with Gasteiger partial charge in [0.15, 0.2) is 0 Å². The van der Waals surface area contributed by atoms with Crippen LogP contribution < -0.4 is 5.32 Å². The van der Waals surface area contributed by atoms with E-state index in [0.29, 0.717) is 12.6 Å². The summed E-state index contributed by atoms with van der Waals surface area (Å²) in [6.45, 7) is 2.37. The molecule has 0 radical (unpaired) electrons. The summed E-state index contributed by atoms with van der Waals surface area (Å²) in [6.07, 6.45) is 5.62. The standard InChI is InChI=1S/C19H23N3O2/c1-14(21-19(24)22(12-13-23)18-6-7-18)15-2-4-16(5-3-15)17-8-10-20-11-9-17/h2-5,8-11,14,18,23H,6-7,12-13H2,1H3,(H,21,24)/t14-/m1/s1. The summed E-state index contributed by atoms with van der Waals surface area (Å²) in [5.74, 6) is 0. The summed E-state index contributed by atoms with van der Waals surface area (Å²) < 4.78 is 0. The quantitative estimate of drug-likeness (QED) is 0.858. The van der Waals surface area contributed by atoms with Crippen LogP contribution in [0.4, 0.5) is 4.79 Å². The van der Waals surface area contributed by atoms with E-state index in [1.165, 1.54) is 0 Å². The van der Waals surface area contributed by atoms with Crippen LogP contribution in [0.5, 0.6) is 0 Å².